The number of carbonyl (C=O) groups excluding carboxylic acids is 3. The van der Waals surface area contributed by atoms with Crippen LogP contribution >= 0.6 is 23.2 Å². The molecule has 0 saturated carbocycles. The number of halogens is 3. The van der Waals surface area contributed by atoms with E-state index in [-0.39, 0.29) is 37.9 Å². The van der Waals surface area contributed by atoms with Crippen molar-refractivity contribution < 1.29 is 18.8 Å². The van der Waals surface area contributed by atoms with Crippen molar-refractivity contribution >= 4 is 40.9 Å². The highest BCUT2D eigenvalue weighted by Gasteiger charge is 2.22. The van der Waals surface area contributed by atoms with Crippen molar-refractivity contribution in [3.05, 3.63) is 105 Å². The SMILES string of the molecule is NC(=O)CN(CCc1ccc(Cl)cc1Cl)C(=O)CN(CCc1ccccc1)C(=O)CNCCc1ccc(F)cc1. The Bertz CT molecular complexity index is 1280. The summed E-state index contributed by atoms with van der Waals surface area (Å²) in [6.07, 6.45) is 1.57. The zero-order valence-corrected chi connectivity index (χ0v) is 23.6. The molecule has 212 valence electrons. The maximum atomic E-state index is 13.3. The van der Waals surface area contributed by atoms with Gasteiger partial charge in [-0.05, 0) is 66.8 Å². The summed E-state index contributed by atoms with van der Waals surface area (Å²) in [5, 5.41) is 4.07. The molecule has 0 spiro atoms. The molecule has 0 heterocycles. The number of nitrogens with zero attached hydrogens (tertiary/aromatic N) is 2. The summed E-state index contributed by atoms with van der Waals surface area (Å²) in [7, 11) is 0. The van der Waals surface area contributed by atoms with Crippen LogP contribution in [0.2, 0.25) is 10.0 Å². The first kappa shape index (κ1) is 31.1. The topological polar surface area (TPSA) is 95.7 Å². The van der Waals surface area contributed by atoms with E-state index in [0.29, 0.717) is 42.4 Å². The number of nitrogens with one attached hydrogen (secondary N) is 1. The zero-order chi connectivity index (χ0) is 28.9. The Balaban J connectivity index is 1.63. The molecular weight excluding hydrogens is 554 g/mol. The van der Waals surface area contributed by atoms with Crippen molar-refractivity contribution in [2.24, 2.45) is 5.73 Å². The largest absolute Gasteiger partial charge is 0.368 e. The molecule has 3 aromatic rings. The average molecular weight is 588 g/mol. The lowest BCUT2D eigenvalue weighted by molar-refractivity contribution is -0.141. The number of carbonyl (C=O) groups is 3. The minimum atomic E-state index is -0.653. The summed E-state index contributed by atoms with van der Waals surface area (Å²) in [4.78, 5) is 41.1. The third-order valence-electron chi connectivity index (χ3n) is 6.34. The number of rotatable bonds is 15. The normalized spacial score (nSPS) is 10.8. The van der Waals surface area contributed by atoms with Crippen LogP contribution in [0.5, 0.6) is 0 Å². The molecule has 0 aliphatic carbocycles. The van der Waals surface area contributed by atoms with Gasteiger partial charge >= 0.3 is 0 Å². The van der Waals surface area contributed by atoms with Crippen LogP contribution in [-0.4, -0.2) is 66.8 Å². The Morgan fingerprint density at radius 3 is 2.10 bits per heavy atom. The first-order chi connectivity index (χ1) is 19.2. The summed E-state index contributed by atoms with van der Waals surface area (Å²) in [6, 6.07) is 21.0. The highest BCUT2D eigenvalue weighted by molar-refractivity contribution is 6.35. The van der Waals surface area contributed by atoms with Crippen molar-refractivity contribution in [2.45, 2.75) is 19.3 Å². The van der Waals surface area contributed by atoms with Gasteiger partial charge in [-0.15, -0.1) is 0 Å². The van der Waals surface area contributed by atoms with E-state index in [2.05, 4.69) is 5.32 Å². The zero-order valence-electron chi connectivity index (χ0n) is 22.1. The molecule has 0 atom stereocenters. The molecule has 0 saturated heterocycles. The molecule has 0 bridgehead atoms. The molecule has 7 nitrogen and oxygen atoms in total. The predicted octanol–water partition coefficient (Wildman–Crippen LogP) is 3.89. The minimum absolute atomic E-state index is 0.0272. The first-order valence-corrected chi connectivity index (χ1v) is 13.7. The number of benzene rings is 3. The van der Waals surface area contributed by atoms with Gasteiger partial charge in [-0.25, -0.2) is 4.39 Å². The second kappa shape index (κ2) is 16.0. The summed E-state index contributed by atoms with van der Waals surface area (Å²) >= 11 is 12.2. The van der Waals surface area contributed by atoms with E-state index in [1.807, 2.05) is 30.3 Å². The van der Waals surface area contributed by atoms with Crippen LogP contribution in [0.25, 0.3) is 0 Å². The lowest BCUT2D eigenvalue weighted by Crippen LogP contribution is -2.48. The van der Waals surface area contributed by atoms with E-state index in [4.69, 9.17) is 28.9 Å². The Kier molecular flexibility index (Phi) is 12.4. The smallest absolute Gasteiger partial charge is 0.242 e. The fourth-order valence-electron chi connectivity index (χ4n) is 4.11. The van der Waals surface area contributed by atoms with Gasteiger partial charge in [-0.2, -0.15) is 0 Å². The van der Waals surface area contributed by atoms with E-state index in [0.717, 1.165) is 16.7 Å². The van der Waals surface area contributed by atoms with Gasteiger partial charge in [0, 0.05) is 23.1 Å². The van der Waals surface area contributed by atoms with Crippen molar-refractivity contribution in [2.75, 3.05) is 39.3 Å². The van der Waals surface area contributed by atoms with E-state index in [1.165, 1.54) is 21.9 Å². The Labute approximate surface area is 244 Å². The Morgan fingerprint density at radius 1 is 0.775 bits per heavy atom. The summed E-state index contributed by atoms with van der Waals surface area (Å²) in [5.74, 6) is -1.59. The summed E-state index contributed by atoms with van der Waals surface area (Å²) in [5.41, 5.74) is 8.17. The highest BCUT2D eigenvalue weighted by atomic mass is 35.5. The molecule has 0 aliphatic heterocycles. The second-order valence-corrected chi connectivity index (χ2v) is 10.2. The maximum absolute atomic E-state index is 13.3. The van der Waals surface area contributed by atoms with Gasteiger partial charge in [0.25, 0.3) is 0 Å². The number of hydrogen-bond acceptors (Lipinski definition) is 4. The van der Waals surface area contributed by atoms with Gasteiger partial charge in [0.2, 0.25) is 17.7 Å². The number of primary amides is 1. The van der Waals surface area contributed by atoms with Gasteiger partial charge in [0.05, 0.1) is 19.6 Å². The van der Waals surface area contributed by atoms with Gasteiger partial charge in [-0.1, -0.05) is 71.7 Å². The minimum Gasteiger partial charge on any atom is -0.368 e. The standard InChI is InChI=1S/C30H33Cl2FN4O3/c31-25-9-8-24(27(32)18-25)14-17-36(20-28(34)38)30(40)21-37(16-13-22-4-2-1-3-5-22)29(39)19-35-15-12-23-6-10-26(33)11-7-23/h1-11,18,35H,12-17,19-21H2,(H2,34,38). The molecule has 0 fully saturated rings. The monoisotopic (exact) mass is 586 g/mol. The van der Waals surface area contributed by atoms with Crippen LogP contribution in [0.1, 0.15) is 16.7 Å². The molecule has 40 heavy (non-hydrogen) atoms. The molecule has 0 unspecified atom stereocenters. The molecule has 0 aromatic heterocycles. The molecule has 3 N–H and O–H groups in total. The van der Waals surface area contributed by atoms with Crippen molar-refractivity contribution in [3.63, 3.8) is 0 Å². The predicted molar refractivity (Wildman–Crippen MR) is 156 cm³/mol. The van der Waals surface area contributed by atoms with Crippen LogP contribution in [-0.2, 0) is 33.6 Å². The molecule has 10 heteroatoms. The molecule has 3 aromatic carbocycles. The number of amides is 3. The van der Waals surface area contributed by atoms with E-state index < -0.39 is 11.8 Å². The van der Waals surface area contributed by atoms with Gasteiger partial charge in [0.1, 0.15) is 5.82 Å². The van der Waals surface area contributed by atoms with E-state index >= 15 is 0 Å². The number of nitrogens with two attached hydrogens (primary N) is 1. The molecular formula is C30H33Cl2FN4O3. The quantitative estimate of drug-likeness (QED) is 0.264. The van der Waals surface area contributed by atoms with Gasteiger partial charge in [0.15, 0.2) is 0 Å². The Hall–Kier alpha value is -3.46. The van der Waals surface area contributed by atoms with Crippen molar-refractivity contribution in [3.8, 4) is 0 Å². The lowest BCUT2D eigenvalue weighted by Gasteiger charge is -2.27. The molecule has 0 aliphatic rings. The third-order valence-corrected chi connectivity index (χ3v) is 6.92. The fraction of sp³-hybridized carbons (Fsp3) is 0.300. The number of hydrogen-bond donors (Lipinski definition) is 2. The van der Waals surface area contributed by atoms with Crippen LogP contribution < -0.4 is 11.1 Å². The summed E-state index contributed by atoms with van der Waals surface area (Å²) in [6.45, 7) is 0.571. The van der Waals surface area contributed by atoms with Crippen molar-refractivity contribution in [1.29, 1.82) is 0 Å². The lowest BCUT2D eigenvalue weighted by atomic mass is 10.1. The van der Waals surface area contributed by atoms with Crippen LogP contribution in [0.3, 0.4) is 0 Å². The fourth-order valence-corrected chi connectivity index (χ4v) is 4.62. The van der Waals surface area contributed by atoms with Crippen LogP contribution in [0, 0.1) is 5.82 Å². The van der Waals surface area contributed by atoms with Crippen LogP contribution in [0.15, 0.2) is 72.8 Å². The average Bonchev–Trinajstić information content (AvgIpc) is 2.93. The van der Waals surface area contributed by atoms with Crippen molar-refractivity contribution in [1.82, 2.24) is 15.1 Å². The first-order valence-electron chi connectivity index (χ1n) is 13.0. The molecule has 3 amide bonds. The van der Waals surface area contributed by atoms with E-state index in [1.54, 1.807) is 30.3 Å². The molecule has 0 radical (unpaired) electrons. The van der Waals surface area contributed by atoms with Gasteiger partial charge in [-0.3, -0.25) is 14.4 Å². The Morgan fingerprint density at radius 2 is 1.43 bits per heavy atom. The maximum Gasteiger partial charge on any atom is 0.242 e. The van der Waals surface area contributed by atoms with E-state index in [9.17, 15) is 18.8 Å². The highest BCUT2D eigenvalue weighted by Crippen LogP contribution is 2.21. The second-order valence-electron chi connectivity index (χ2n) is 9.37. The van der Waals surface area contributed by atoms with Crippen LogP contribution in [0.4, 0.5) is 4.39 Å². The van der Waals surface area contributed by atoms with Gasteiger partial charge < -0.3 is 20.9 Å². The third kappa shape index (κ3) is 10.6. The molecule has 3 rings (SSSR count). The summed E-state index contributed by atoms with van der Waals surface area (Å²) < 4.78 is 13.1.